The van der Waals surface area contributed by atoms with Crippen LogP contribution < -0.4 is 4.74 Å². The number of hydrogen-bond donors (Lipinski definition) is 1. The zero-order valence-electron chi connectivity index (χ0n) is 21.0. The van der Waals surface area contributed by atoms with E-state index in [4.69, 9.17) is 4.74 Å². The van der Waals surface area contributed by atoms with E-state index in [-0.39, 0.29) is 5.91 Å². The lowest BCUT2D eigenvalue weighted by atomic mass is 9.94. The molecule has 1 aromatic heterocycles. The van der Waals surface area contributed by atoms with Crippen LogP contribution in [-0.4, -0.2) is 76.9 Å². The van der Waals surface area contributed by atoms with E-state index in [0.717, 1.165) is 37.1 Å². The van der Waals surface area contributed by atoms with Crippen molar-refractivity contribution in [1.29, 1.82) is 0 Å². The van der Waals surface area contributed by atoms with Gasteiger partial charge in [0.05, 0.1) is 12.7 Å². The lowest BCUT2D eigenvalue weighted by molar-refractivity contribution is 0.0565. The van der Waals surface area contributed by atoms with Crippen molar-refractivity contribution in [3.63, 3.8) is 0 Å². The van der Waals surface area contributed by atoms with E-state index in [2.05, 4.69) is 9.88 Å². The molecule has 1 N–H and O–H groups in total. The van der Waals surface area contributed by atoms with Crippen LogP contribution in [0.4, 0.5) is 4.39 Å². The second-order valence-corrected chi connectivity index (χ2v) is 10.0. The number of benzene rings is 1. The number of nitrogens with zero attached hydrogens (tertiary/aromatic N) is 3. The first-order chi connectivity index (χ1) is 16.9. The summed E-state index contributed by atoms with van der Waals surface area (Å²) in [6.07, 6.45) is 5.19. The fourth-order valence-corrected chi connectivity index (χ4v) is 4.94. The van der Waals surface area contributed by atoms with Crippen molar-refractivity contribution in [3.8, 4) is 17.0 Å². The Morgan fingerprint density at radius 1 is 1.06 bits per heavy atom. The van der Waals surface area contributed by atoms with Gasteiger partial charge < -0.3 is 19.6 Å². The number of aliphatic hydroxyl groups excluding tert-OH is 1. The Morgan fingerprint density at radius 2 is 1.74 bits per heavy atom. The molecule has 1 amide bonds. The highest BCUT2D eigenvalue weighted by Gasteiger charge is 2.30. The third-order valence-corrected chi connectivity index (χ3v) is 7.60. The minimum atomic E-state index is -1.07. The quantitative estimate of drug-likeness (QED) is 0.566. The van der Waals surface area contributed by atoms with Crippen molar-refractivity contribution in [1.82, 2.24) is 14.8 Å². The molecule has 2 fully saturated rings. The van der Waals surface area contributed by atoms with Crippen LogP contribution in [0.2, 0.25) is 0 Å². The minimum Gasteiger partial charge on any atom is -0.477 e. The number of hydrogen-bond acceptors (Lipinski definition) is 5. The number of rotatable bonds is 9. The second-order valence-electron chi connectivity index (χ2n) is 10.0. The van der Waals surface area contributed by atoms with Crippen molar-refractivity contribution in [2.75, 3.05) is 39.3 Å². The maximum absolute atomic E-state index is 14.7. The van der Waals surface area contributed by atoms with Crippen LogP contribution in [0.15, 0.2) is 42.6 Å². The number of amides is 1. The fourth-order valence-electron chi connectivity index (χ4n) is 4.94. The molecule has 7 heteroatoms. The number of pyridine rings is 1. The van der Waals surface area contributed by atoms with Crippen molar-refractivity contribution in [2.45, 2.75) is 57.7 Å². The van der Waals surface area contributed by atoms with E-state index in [9.17, 15) is 14.3 Å². The SMILES string of the molecule is CCC(F)(CC)CN1CCC(COc2ccc(-c3ccc(C(=O)N4CC[C@@H](O)C4)cc3)cn2)CC1. The van der Waals surface area contributed by atoms with Crippen molar-refractivity contribution in [2.24, 2.45) is 5.92 Å². The third-order valence-electron chi connectivity index (χ3n) is 7.60. The molecule has 2 aliphatic rings. The van der Waals surface area contributed by atoms with Crippen LogP contribution in [0.3, 0.4) is 0 Å². The summed E-state index contributed by atoms with van der Waals surface area (Å²) in [7, 11) is 0. The van der Waals surface area contributed by atoms with Crippen LogP contribution in [-0.2, 0) is 0 Å². The number of ether oxygens (including phenoxy) is 1. The Hall–Kier alpha value is -2.51. The van der Waals surface area contributed by atoms with Crippen LogP contribution >= 0.6 is 0 Å². The molecule has 0 aliphatic carbocycles. The predicted octanol–water partition coefficient (Wildman–Crippen LogP) is 4.57. The van der Waals surface area contributed by atoms with Gasteiger partial charge in [-0.25, -0.2) is 9.37 Å². The Balaban J connectivity index is 1.24. The average molecular weight is 484 g/mol. The summed E-state index contributed by atoms with van der Waals surface area (Å²) in [4.78, 5) is 21.0. The van der Waals surface area contributed by atoms with Gasteiger partial charge >= 0.3 is 0 Å². The van der Waals surface area contributed by atoms with Gasteiger partial charge in [-0.2, -0.15) is 0 Å². The van der Waals surface area contributed by atoms with Crippen LogP contribution in [0, 0.1) is 5.92 Å². The molecule has 1 atom stereocenters. The summed E-state index contributed by atoms with van der Waals surface area (Å²) in [5.74, 6) is 1.03. The largest absolute Gasteiger partial charge is 0.477 e. The highest BCUT2D eigenvalue weighted by molar-refractivity contribution is 5.94. The second kappa shape index (κ2) is 11.5. The number of carbonyl (C=O) groups is 1. The fraction of sp³-hybridized carbons (Fsp3) is 0.571. The van der Waals surface area contributed by atoms with Crippen LogP contribution in [0.5, 0.6) is 5.88 Å². The third kappa shape index (κ3) is 6.58. The smallest absolute Gasteiger partial charge is 0.253 e. The van der Waals surface area contributed by atoms with E-state index in [1.165, 1.54) is 0 Å². The minimum absolute atomic E-state index is 0.0412. The molecule has 3 heterocycles. The molecule has 2 aliphatic heterocycles. The Bertz CT molecular complexity index is 954. The summed E-state index contributed by atoms with van der Waals surface area (Å²) in [5.41, 5.74) is 1.51. The predicted molar refractivity (Wildman–Crippen MR) is 135 cm³/mol. The molecule has 0 spiro atoms. The molecule has 35 heavy (non-hydrogen) atoms. The number of aromatic nitrogens is 1. The average Bonchev–Trinajstić information content (AvgIpc) is 3.34. The Kier molecular flexibility index (Phi) is 8.39. The molecular weight excluding hydrogens is 445 g/mol. The zero-order valence-corrected chi connectivity index (χ0v) is 21.0. The first-order valence-electron chi connectivity index (χ1n) is 13.0. The summed E-state index contributed by atoms with van der Waals surface area (Å²) in [5, 5.41) is 9.66. The Labute approximate surface area is 208 Å². The van der Waals surface area contributed by atoms with E-state index in [0.29, 0.717) is 62.9 Å². The lowest BCUT2D eigenvalue weighted by Crippen LogP contribution is -2.44. The van der Waals surface area contributed by atoms with Gasteiger partial charge in [0.2, 0.25) is 5.88 Å². The molecule has 6 nitrogen and oxygen atoms in total. The van der Waals surface area contributed by atoms with Gasteiger partial charge in [-0.15, -0.1) is 0 Å². The van der Waals surface area contributed by atoms with Crippen LogP contribution in [0.25, 0.3) is 11.1 Å². The maximum atomic E-state index is 14.7. The van der Waals surface area contributed by atoms with E-state index in [1.807, 2.05) is 50.2 Å². The summed E-state index contributed by atoms with van der Waals surface area (Å²) >= 11 is 0. The van der Waals surface area contributed by atoms with Gasteiger partial charge in [0.25, 0.3) is 5.91 Å². The van der Waals surface area contributed by atoms with E-state index < -0.39 is 11.8 Å². The molecule has 0 unspecified atom stereocenters. The van der Waals surface area contributed by atoms with Gasteiger partial charge in [-0.3, -0.25) is 4.79 Å². The summed E-state index contributed by atoms with van der Waals surface area (Å²) in [6.45, 7) is 7.87. The first kappa shape index (κ1) is 25.6. The summed E-state index contributed by atoms with van der Waals surface area (Å²) < 4.78 is 20.6. The van der Waals surface area contributed by atoms with Crippen LogP contribution in [0.1, 0.15) is 56.3 Å². The molecule has 190 valence electrons. The van der Waals surface area contributed by atoms with Gasteiger partial charge in [-0.05, 0) is 74.9 Å². The Morgan fingerprint density at radius 3 is 2.31 bits per heavy atom. The monoisotopic (exact) mass is 483 g/mol. The molecule has 1 aromatic carbocycles. The van der Waals surface area contributed by atoms with Crippen molar-refractivity contribution in [3.05, 3.63) is 48.2 Å². The summed E-state index contributed by atoms with van der Waals surface area (Å²) in [6, 6.07) is 11.4. The molecular formula is C28H38FN3O3. The van der Waals surface area contributed by atoms with E-state index >= 15 is 0 Å². The topological polar surface area (TPSA) is 65.9 Å². The van der Waals surface area contributed by atoms with Gasteiger partial charge in [-0.1, -0.05) is 26.0 Å². The number of alkyl halides is 1. The van der Waals surface area contributed by atoms with Gasteiger partial charge in [0, 0.05) is 43.0 Å². The number of piperidine rings is 1. The van der Waals surface area contributed by atoms with Gasteiger partial charge in [0.1, 0.15) is 5.67 Å². The number of aliphatic hydroxyl groups is 1. The number of β-amino-alcohol motifs (C(OH)–C–C–N with tert-alkyl or cyclic N) is 1. The van der Waals surface area contributed by atoms with Gasteiger partial charge in [0.15, 0.2) is 0 Å². The number of likely N-dealkylation sites (tertiary alicyclic amines) is 2. The number of carbonyl (C=O) groups excluding carboxylic acids is 1. The van der Waals surface area contributed by atoms with Crippen molar-refractivity contribution < 1.29 is 19.0 Å². The molecule has 0 saturated carbocycles. The molecule has 0 radical (unpaired) electrons. The van der Waals surface area contributed by atoms with Crippen molar-refractivity contribution >= 4 is 5.91 Å². The normalized spacial score (nSPS) is 19.8. The highest BCUT2D eigenvalue weighted by atomic mass is 19.1. The highest BCUT2D eigenvalue weighted by Crippen LogP contribution is 2.26. The zero-order chi connectivity index (χ0) is 24.8. The maximum Gasteiger partial charge on any atom is 0.253 e. The number of halogens is 1. The molecule has 0 bridgehead atoms. The standard InChI is InChI=1S/C28H38FN3O3/c1-3-28(29,4-2)20-31-14-11-21(12-15-31)19-35-26-10-9-24(17-30-26)22-5-7-23(8-6-22)27(34)32-16-13-25(33)18-32/h5-10,17,21,25,33H,3-4,11-16,18-20H2,1-2H3/t25-/m1/s1. The lowest BCUT2D eigenvalue weighted by Gasteiger charge is -2.36. The molecule has 2 saturated heterocycles. The molecule has 4 rings (SSSR count). The first-order valence-corrected chi connectivity index (χ1v) is 13.0. The molecule has 2 aromatic rings. The van der Waals surface area contributed by atoms with E-state index in [1.54, 1.807) is 11.1 Å².